The maximum atomic E-state index is 12.3. The van der Waals surface area contributed by atoms with Crippen molar-refractivity contribution in [3.63, 3.8) is 0 Å². The number of hydrogen-bond donors (Lipinski definition) is 2. The van der Waals surface area contributed by atoms with E-state index in [0.717, 1.165) is 19.4 Å². The van der Waals surface area contributed by atoms with E-state index in [9.17, 15) is 9.59 Å². The summed E-state index contributed by atoms with van der Waals surface area (Å²) < 4.78 is 0. The topological polar surface area (TPSA) is 69.6 Å². The van der Waals surface area contributed by atoms with Gasteiger partial charge in [-0.15, -0.1) is 0 Å². The maximum absolute atomic E-state index is 12.3. The van der Waals surface area contributed by atoms with Crippen LogP contribution in [0.2, 0.25) is 0 Å². The normalized spacial score (nSPS) is 21.4. The molecule has 0 saturated carbocycles. The summed E-state index contributed by atoms with van der Waals surface area (Å²) in [5.41, 5.74) is -0.399. The van der Waals surface area contributed by atoms with Crippen LogP contribution in [-0.4, -0.2) is 48.1 Å². The Morgan fingerprint density at radius 1 is 1.40 bits per heavy atom. The molecule has 5 nitrogen and oxygen atoms in total. The molecule has 2 unspecified atom stereocenters. The molecule has 116 valence electrons. The third-order valence-electron chi connectivity index (χ3n) is 3.66. The summed E-state index contributed by atoms with van der Waals surface area (Å²) in [7, 11) is 0. The van der Waals surface area contributed by atoms with Crippen molar-refractivity contribution in [1.29, 1.82) is 0 Å². The van der Waals surface area contributed by atoms with Crippen LogP contribution in [0.25, 0.3) is 0 Å². The van der Waals surface area contributed by atoms with Crippen molar-refractivity contribution >= 4 is 11.8 Å². The fraction of sp³-hybridized carbons (Fsp3) is 0.867. The van der Waals surface area contributed by atoms with Gasteiger partial charge in [0.05, 0.1) is 5.92 Å². The highest BCUT2D eigenvalue weighted by molar-refractivity contribution is 5.83. The van der Waals surface area contributed by atoms with Crippen LogP contribution < -0.4 is 5.32 Å². The van der Waals surface area contributed by atoms with E-state index in [4.69, 9.17) is 5.11 Å². The van der Waals surface area contributed by atoms with E-state index < -0.39 is 5.41 Å². The summed E-state index contributed by atoms with van der Waals surface area (Å²) >= 11 is 0. The molecule has 20 heavy (non-hydrogen) atoms. The number of aliphatic hydroxyl groups excluding tert-OH is 1. The minimum atomic E-state index is -0.399. The lowest BCUT2D eigenvalue weighted by molar-refractivity contribution is -0.142. The van der Waals surface area contributed by atoms with Crippen molar-refractivity contribution in [3.05, 3.63) is 0 Å². The van der Waals surface area contributed by atoms with Gasteiger partial charge in [0, 0.05) is 31.7 Å². The number of carbonyl (C=O) groups is 2. The molecule has 1 saturated heterocycles. The second kappa shape index (κ2) is 7.07. The lowest BCUT2D eigenvalue weighted by Gasteiger charge is -2.36. The molecule has 0 aromatic rings. The number of hydrogen-bond acceptors (Lipinski definition) is 3. The molecular weight excluding hydrogens is 256 g/mol. The molecule has 0 aromatic heterocycles. The van der Waals surface area contributed by atoms with E-state index in [0.29, 0.717) is 13.1 Å². The average Bonchev–Trinajstić information content (AvgIpc) is 2.42. The van der Waals surface area contributed by atoms with Crippen molar-refractivity contribution in [2.75, 3.05) is 26.2 Å². The Bertz CT molecular complexity index is 350. The predicted octanol–water partition coefficient (Wildman–Crippen LogP) is 1.02. The van der Waals surface area contributed by atoms with E-state index >= 15 is 0 Å². The molecule has 5 heteroatoms. The summed E-state index contributed by atoms with van der Waals surface area (Å²) in [6, 6.07) is 0. The molecule has 0 bridgehead atoms. The summed E-state index contributed by atoms with van der Waals surface area (Å²) in [6.07, 6.45) is 1.70. The lowest BCUT2D eigenvalue weighted by Crippen LogP contribution is -2.49. The maximum Gasteiger partial charge on any atom is 0.227 e. The Labute approximate surface area is 121 Å². The van der Waals surface area contributed by atoms with Gasteiger partial charge in [0.2, 0.25) is 11.8 Å². The Balaban J connectivity index is 2.52. The van der Waals surface area contributed by atoms with E-state index in [2.05, 4.69) is 5.32 Å². The standard InChI is InChI=1S/C15H28N2O3/c1-11(10-18)8-16-13(19)12-6-5-7-17(9-12)14(20)15(2,3)4/h11-12,18H,5-10H2,1-4H3,(H,16,19). The fourth-order valence-corrected chi connectivity index (χ4v) is 2.33. The highest BCUT2D eigenvalue weighted by Crippen LogP contribution is 2.23. The Morgan fingerprint density at radius 3 is 2.60 bits per heavy atom. The first kappa shape index (κ1) is 17.0. The zero-order chi connectivity index (χ0) is 15.3. The number of nitrogens with zero attached hydrogens (tertiary/aromatic N) is 1. The Morgan fingerprint density at radius 2 is 2.05 bits per heavy atom. The monoisotopic (exact) mass is 284 g/mol. The number of aliphatic hydroxyl groups is 1. The van der Waals surface area contributed by atoms with Crippen molar-refractivity contribution in [2.45, 2.75) is 40.5 Å². The molecule has 0 aromatic carbocycles. The van der Waals surface area contributed by atoms with Gasteiger partial charge in [-0.25, -0.2) is 0 Å². The van der Waals surface area contributed by atoms with Crippen LogP contribution >= 0.6 is 0 Å². The van der Waals surface area contributed by atoms with E-state index in [1.807, 2.05) is 32.6 Å². The van der Waals surface area contributed by atoms with Crippen LogP contribution in [0.1, 0.15) is 40.5 Å². The van der Waals surface area contributed by atoms with Crippen LogP contribution in [0.3, 0.4) is 0 Å². The Kier molecular flexibility index (Phi) is 5.99. The highest BCUT2D eigenvalue weighted by Gasteiger charge is 2.33. The third kappa shape index (κ3) is 4.78. The van der Waals surface area contributed by atoms with Crippen LogP contribution in [0, 0.1) is 17.3 Å². The minimum absolute atomic E-state index is 0.00305. The van der Waals surface area contributed by atoms with Crippen molar-refractivity contribution in [1.82, 2.24) is 10.2 Å². The molecule has 0 radical (unpaired) electrons. The van der Waals surface area contributed by atoms with Crippen LogP contribution in [0.4, 0.5) is 0 Å². The first-order chi connectivity index (χ1) is 9.25. The molecule has 2 atom stereocenters. The number of piperidine rings is 1. The quantitative estimate of drug-likeness (QED) is 0.809. The fourth-order valence-electron chi connectivity index (χ4n) is 2.33. The van der Waals surface area contributed by atoms with Gasteiger partial charge in [-0.3, -0.25) is 9.59 Å². The first-order valence-corrected chi connectivity index (χ1v) is 7.43. The van der Waals surface area contributed by atoms with Gasteiger partial charge < -0.3 is 15.3 Å². The number of nitrogens with one attached hydrogen (secondary N) is 1. The molecule has 1 aliphatic heterocycles. The summed E-state index contributed by atoms with van der Waals surface area (Å²) in [5, 5.41) is 11.8. The molecule has 1 rings (SSSR count). The number of amides is 2. The van der Waals surface area contributed by atoms with Gasteiger partial charge >= 0.3 is 0 Å². The van der Waals surface area contributed by atoms with Gasteiger partial charge in [0.1, 0.15) is 0 Å². The minimum Gasteiger partial charge on any atom is -0.396 e. The summed E-state index contributed by atoms with van der Waals surface area (Å²) in [6.45, 7) is 9.41. The highest BCUT2D eigenvalue weighted by atomic mass is 16.3. The second-order valence-electron chi connectivity index (χ2n) is 6.87. The molecule has 2 amide bonds. The predicted molar refractivity (Wildman–Crippen MR) is 78.0 cm³/mol. The van der Waals surface area contributed by atoms with Crippen molar-refractivity contribution in [2.24, 2.45) is 17.3 Å². The summed E-state index contributed by atoms with van der Waals surface area (Å²) in [5.74, 6) is 0.0474. The molecule has 0 aliphatic carbocycles. The first-order valence-electron chi connectivity index (χ1n) is 7.43. The van der Waals surface area contributed by atoms with E-state index in [-0.39, 0.29) is 30.3 Å². The largest absolute Gasteiger partial charge is 0.396 e. The number of likely N-dealkylation sites (tertiary alicyclic amines) is 1. The zero-order valence-electron chi connectivity index (χ0n) is 13.1. The second-order valence-corrected chi connectivity index (χ2v) is 6.87. The van der Waals surface area contributed by atoms with Gasteiger partial charge in [0.25, 0.3) is 0 Å². The van der Waals surface area contributed by atoms with Gasteiger partial charge in [-0.1, -0.05) is 27.7 Å². The Hall–Kier alpha value is -1.10. The molecule has 1 heterocycles. The zero-order valence-corrected chi connectivity index (χ0v) is 13.1. The van der Waals surface area contributed by atoms with E-state index in [1.54, 1.807) is 0 Å². The SMILES string of the molecule is CC(CO)CNC(=O)C1CCCN(C(=O)C(C)(C)C)C1. The average molecular weight is 284 g/mol. The van der Waals surface area contributed by atoms with Crippen molar-refractivity contribution in [3.8, 4) is 0 Å². The van der Waals surface area contributed by atoms with Crippen molar-refractivity contribution < 1.29 is 14.7 Å². The lowest BCUT2D eigenvalue weighted by atomic mass is 9.91. The smallest absolute Gasteiger partial charge is 0.227 e. The van der Waals surface area contributed by atoms with Crippen LogP contribution in [-0.2, 0) is 9.59 Å². The van der Waals surface area contributed by atoms with Crippen LogP contribution in [0.5, 0.6) is 0 Å². The molecule has 2 N–H and O–H groups in total. The van der Waals surface area contributed by atoms with Gasteiger partial charge in [0.15, 0.2) is 0 Å². The van der Waals surface area contributed by atoms with Crippen LogP contribution in [0.15, 0.2) is 0 Å². The molecule has 1 fully saturated rings. The summed E-state index contributed by atoms with van der Waals surface area (Å²) in [4.78, 5) is 26.2. The molecular formula is C15H28N2O3. The third-order valence-corrected chi connectivity index (χ3v) is 3.66. The molecule has 1 aliphatic rings. The van der Waals surface area contributed by atoms with Gasteiger partial charge in [-0.05, 0) is 18.8 Å². The number of rotatable bonds is 4. The van der Waals surface area contributed by atoms with Gasteiger partial charge in [-0.2, -0.15) is 0 Å². The molecule has 0 spiro atoms. The number of carbonyl (C=O) groups excluding carboxylic acids is 2. The van der Waals surface area contributed by atoms with E-state index in [1.165, 1.54) is 0 Å².